The first-order valence-electron chi connectivity index (χ1n) is 11.8. The molecule has 7 heteroatoms. The van der Waals surface area contributed by atoms with Gasteiger partial charge in [-0.25, -0.2) is 0 Å². The molecule has 0 bridgehead atoms. The molecule has 0 aliphatic carbocycles. The molecule has 2 heterocycles. The van der Waals surface area contributed by atoms with Gasteiger partial charge in [-0.2, -0.15) is 0 Å². The van der Waals surface area contributed by atoms with Gasteiger partial charge in [0.15, 0.2) is 0 Å². The zero-order chi connectivity index (χ0) is 24.7. The summed E-state index contributed by atoms with van der Waals surface area (Å²) in [4.78, 5) is 44.1. The van der Waals surface area contributed by atoms with Gasteiger partial charge in [-0.15, -0.1) is 0 Å². The maximum Gasteiger partial charge on any atom is 0.259 e. The van der Waals surface area contributed by atoms with Crippen molar-refractivity contribution >= 4 is 46.5 Å². The largest absolute Gasteiger partial charge is 0.326 e. The van der Waals surface area contributed by atoms with Crippen LogP contribution in [0.25, 0.3) is 0 Å². The molecule has 5 rings (SSSR count). The standard InChI is InChI=1S/C28H27N3O3S/c1-4-30-23-12-10-20(15-25(23)35-24-8-6-5-7-22(24)28(30)34)29-27(33)19-14-26(32)31(16-19)21-11-9-17(2)18(3)13-21/h5-13,15,19H,4,14,16H2,1-3H3,(H,29,33). The number of benzene rings is 3. The molecule has 0 saturated carbocycles. The number of nitrogens with zero attached hydrogens (tertiary/aromatic N) is 2. The first-order valence-corrected chi connectivity index (χ1v) is 12.6. The zero-order valence-corrected chi connectivity index (χ0v) is 20.8. The molecule has 1 saturated heterocycles. The minimum Gasteiger partial charge on any atom is -0.326 e. The van der Waals surface area contributed by atoms with Crippen molar-refractivity contribution in [3.63, 3.8) is 0 Å². The SMILES string of the molecule is CCN1C(=O)c2ccccc2Sc2cc(NC(=O)C3CC(=O)N(c4ccc(C)c(C)c4)C3)ccc21. The highest BCUT2D eigenvalue weighted by atomic mass is 32.2. The Hall–Kier alpha value is -3.58. The van der Waals surface area contributed by atoms with Crippen LogP contribution in [0.2, 0.25) is 0 Å². The Morgan fingerprint density at radius 3 is 2.57 bits per heavy atom. The number of rotatable bonds is 4. The summed E-state index contributed by atoms with van der Waals surface area (Å²) >= 11 is 1.52. The van der Waals surface area contributed by atoms with Gasteiger partial charge in [0.25, 0.3) is 5.91 Å². The molecule has 1 atom stereocenters. The van der Waals surface area contributed by atoms with E-state index in [0.717, 1.165) is 26.7 Å². The first kappa shape index (κ1) is 23.2. The molecule has 2 aliphatic heterocycles. The van der Waals surface area contributed by atoms with E-state index in [1.165, 1.54) is 17.3 Å². The van der Waals surface area contributed by atoms with Crippen LogP contribution in [-0.2, 0) is 9.59 Å². The molecule has 3 aromatic rings. The van der Waals surface area contributed by atoms with Gasteiger partial charge in [0.1, 0.15) is 0 Å². The quantitative estimate of drug-likeness (QED) is 0.535. The number of anilines is 3. The zero-order valence-electron chi connectivity index (χ0n) is 20.0. The molecule has 3 amide bonds. The highest BCUT2D eigenvalue weighted by Crippen LogP contribution is 2.42. The van der Waals surface area contributed by atoms with E-state index in [-0.39, 0.29) is 24.1 Å². The summed E-state index contributed by atoms with van der Waals surface area (Å²) in [6.07, 6.45) is 0.184. The lowest BCUT2D eigenvalue weighted by Crippen LogP contribution is -2.30. The fourth-order valence-corrected chi connectivity index (χ4v) is 5.70. The van der Waals surface area contributed by atoms with Crippen molar-refractivity contribution < 1.29 is 14.4 Å². The predicted molar refractivity (Wildman–Crippen MR) is 139 cm³/mol. The summed E-state index contributed by atoms with van der Waals surface area (Å²) in [6, 6.07) is 19.1. The second-order valence-electron chi connectivity index (χ2n) is 8.99. The Morgan fingerprint density at radius 2 is 1.80 bits per heavy atom. The molecule has 0 aromatic heterocycles. The Labute approximate surface area is 209 Å². The Bertz CT molecular complexity index is 1350. The third-order valence-corrected chi connectivity index (χ3v) is 7.84. The van der Waals surface area contributed by atoms with E-state index in [9.17, 15) is 14.4 Å². The number of carbonyl (C=O) groups is 3. The maximum absolute atomic E-state index is 13.1. The van der Waals surface area contributed by atoms with E-state index >= 15 is 0 Å². The van der Waals surface area contributed by atoms with E-state index in [2.05, 4.69) is 5.32 Å². The van der Waals surface area contributed by atoms with Gasteiger partial charge in [-0.3, -0.25) is 14.4 Å². The average molecular weight is 486 g/mol. The van der Waals surface area contributed by atoms with Crippen molar-refractivity contribution in [1.82, 2.24) is 0 Å². The summed E-state index contributed by atoms with van der Waals surface area (Å²) in [5.41, 5.74) is 5.28. The molecule has 1 unspecified atom stereocenters. The second-order valence-corrected chi connectivity index (χ2v) is 10.1. The molecule has 178 valence electrons. The Balaban J connectivity index is 1.36. The molecule has 0 spiro atoms. The summed E-state index contributed by atoms with van der Waals surface area (Å²) in [5.74, 6) is -0.668. The average Bonchev–Trinajstić information content (AvgIpc) is 3.19. The van der Waals surface area contributed by atoms with Gasteiger partial charge in [-0.05, 0) is 74.4 Å². The van der Waals surface area contributed by atoms with Crippen molar-refractivity contribution in [2.45, 2.75) is 37.0 Å². The fraction of sp³-hybridized carbons (Fsp3) is 0.250. The van der Waals surface area contributed by atoms with Crippen LogP contribution in [0, 0.1) is 19.8 Å². The number of fused-ring (bicyclic) bond motifs is 2. The maximum atomic E-state index is 13.1. The minimum atomic E-state index is -0.426. The van der Waals surface area contributed by atoms with E-state index in [0.29, 0.717) is 24.3 Å². The minimum absolute atomic E-state index is 0.0259. The molecule has 3 aromatic carbocycles. The van der Waals surface area contributed by atoms with Crippen LogP contribution in [0.4, 0.5) is 17.1 Å². The lowest BCUT2D eigenvalue weighted by atomic mass is 10.1. The number of carbonyl (C=O) groups excluding carboxylic acids is 3. The highest BCUT2D eigenvalue weighted by molar-refractivity contribution is 7.99. The number of aryl methyl sites for hydroxylation is 2. The van der Waals surface area contributed by atoms with Crippen molar-refractivity contribution in [2.24, 2.45) is 5.92 Å². The molecule has 0 radical (unpaired) electrons. The molecule has 1 N–H and O–H groups in total. The van der Waals surface area contributed by atoms with Crippen LogP contribution in [0.3, 0.4) is 0 Å². The summed E-state index contributed by atoms with van der Waals surface area (Å²) < 4.78 is 0. The van der Waals surface area contributed by atoms with E-state index in [4.69, 9.17) is 0 Å². The second kappa shape index (κ2) is 9.23. The van der Waals surface area contributed by atoms with Crippen LogP contribution in [0.15, 0.2) is 70.5 Å². The predicted octanol–water partition coefficient (Wildman–Crippen LogP) is 5.43. The van der Waals surface area contributed by atoms with Crippen molar-refractivity contribution in [2.75, 3.05) is 28.2 Å². The summed E-state index contributed by atoms with van der Waals surface area (Å²) in [5, 5.41) is 3.00. The topological polar surface area (TPSA) is 69.7 Å². The van der Waals surface area contributed by atoms with E-state index in [1.807, 2.05) is 81.4 Å². The molecule has 6 nitrogen and oxygen atoms in total. The van der Waals surface area contributed by atoms with Gasteiger partial charge < -0.3 is 15.1 Å². The van der Waals surface area contributed by atoms with Gasteiger partial charge >= 0.3 is 0 Å². The van der Waals surface area contributed by atoms with E-state index in [1.54, 1.807) is 9.80 Å². The molecule has 35 heavy (non-hydrogen) atoms. The Morgan fingerprint density at radius 1 is 1.00 bits per heavy atom. The summed E-state index contributed by atoms with van der Waals surface area (Å²) in [6.45, 7) is 6.91. The van der Waals surface area contributed by atoms with Crippen molar-refractivity contribution in [3.05, 3.63) is 77.4 Å². The normalized spacial score (nSPS) is 17.2. The number of nitrogens with one attached hydrogen (secondary N) is 1. The van der Waals surface area contributed by atoms with Crippen LogP contribution in [0.1, 0.15) is 34.8 Å². The van der Waals surface area contributed by atoms with Gasteiger partial charge in [0.05, 0.1) is 17.2 Å². The third kappa shape index (κ3) is 4.32. The van der Waals surface area contributed by atoms with Crippen LogP contribution in [-0.4, -0.2) is 30.8 Å². The third-order valence-electron chi connectivity index (χ3n) is 6.71. The number of amides is 3. The van der Waals surface area contributed by atoms with Crippen molar-refractivity contribution in [1.29, 1.82) is 0 Å². The smallest absolute Gasteiger partial charge is 0.259 e. The van der Waals surface area contributed by atoms with E-state index < -0.39 is 5.92 Å². The monoisotopic (exact) mass is 485 g/mol. The molecule has 2 aliphatic rings. The first-order chi connectivity index (χ1) is 16.9. The molecular weight excluding hydrogens is 458 g/mol. The van der Waals surface area contributed by atoms with Crippen LogP contribution >= 0.6 is 11.8 Å². The van der Waals surface area contributed by atoms with Crippen LogP contribution < -0.4 is 15.1 Å². The van der Waals surface area contributed by atoms with Gasteiger partial charge in [0.2, 0.25) is 11.8 Å². The summed E-state index contributed by atoms with van der Waals surface area (Å²) in [7, 11) is 0. The number of hydrogen-bond acceptors (Lipinski definition) is 4. The molecule has 1 fully saturated rings. The van der Waals surface area contributed by atoms with Gasteiger partial charge in [0, 0.05) is 40.7 Å². The Kier molecular flexibility index (Phi) is 6.11. The lowest BCUT2D eigenvalue weighted by molar-refractivity contribution is -0.122. The number of hydrogen-bond donors (Lipinski definition) is 1. The van der Waals surface area contributed by atoms with Crippen molar-refractivity contribution in [3.8, 4) is 0 Å². The highest BCUT2D eigenvalue weighted by Gasteiger charge is 2.35. The van der Waals surface area contributed by atoms with Gasteiger partial charge in [-0.1, -0.05) is 30.0 Å². The molecular formula is C28H27N3O3S. The fourth-order valence-electron chi connectivity index (χ4n) is 4.59. The lowest BCUT2D eigenvalue weighted by Gasteiger charge is -2.22. The van der Waals surface area contributed by atoms with Crippen LogP contribution in [0.5, 0.6) is 0 Å².